The van der Waals surface area contributed by atoms with Crippen LogP contribution in [0.2, 0.25) is 5.02 Å². The molecule has 0 bridgehead atoms. The summed E-state index contributed by atoms with van der Waals surface area (Å²) >= 11 is 6.47. The predicted octanol–water partition coefficient (Wildman–Crippen LogP) is 3.04. The van der Waals surface area contributed by atoms with Gasteiger partial charge >= 0.3 is 0 Å². The fraction of sp³-hybridized carbons (Fsp3) is 0.786. The van der Waals surface area contributed by atoms with E-state index in [4.69, 9.17) is 17.3 Å². The largest absolute Gasteiger partial charge is 0.330 e. The Labute approximate surface area is 115 Å². The van der Waals surface area contributed by atoms with Gasteiger partial charge < -0.3 is 5.73 Å². The van der Waals surface area contributed by atoms with E-state index in [2.05, 4.69) is 30.6 Å². The topological polar surface area (TPSA) is 43.8 Å². The summed E-state index contributed by atoms with van der Waals surface area (Å²) in [6.07, 6.45) is 4.47. The first-order valence-corrected chi connectivity index (χ1v) is 7.37. The summed E-state index contributed by atoms with van der Waals surface area (Å²) in [4.78, 5) is 0. The van der Waals surface area contributed by atoms with E-state index in [1.54, 1.807) is 0 Å². The van der Waals surface area contributed by atoms with Gasteiger partial charge in [0.2, 0.25) is 0 Å². The van der Waals surface area contributed by atoms with Crippen LogP contribution in [0.3, 0.4) is 0 Å². The number of nitrogens with two attached hydrogens (primary N) is 1. The van der Waals surface area contributed by atoms with Crippen molar-refractivity contribution < 1.29 is 0 Å². The van der Waals surface area contributed by atoms with Crippen LogP contribution in [0, 0.1) is 11.3 Å². The number of aryl methyl sites for hydroxylation is 2. The first-order valence-electron chi connectivity index (χ1n) is 6.99. The summed E-state index contributed by atoms with van der Waals surface area (Å²) in [5.41, 5.74) is 8.38. The Morgan fingerprint density at radius 3 is 2.56 bits per heavy atom. The van der Waals surface area contributed by atoms with Crippen molar-refractivity contribution in [1.82, 2.24) is 9.78 Å². The lowest BCUT2D eigenvalue weighted by Gasteiger charge is -2.28. The minimum Gasteiger partial charge on any atom is -0.330 e. The van der Waals surface area contributed by atoms with Crippen molar-refractivity contribution >= 4 is 11.6 Å². The molecule has 18 heavy (non-hydrogen) atoms. The van der Waals surface area contributed by atoms with E-state index in [1.165, 1.54) is 18.5 Å². The molecule has 3 nitrogen and oxygen atoms in total. The summed E-state index contributed by atoms with van der Waals surface area (Å²) in [6.45, 7) is 8.11. The molecule has 0 saturated heterocycles. The zero-order valence-electron chi connectivity index (χ0n) is 11.7. The van der Waals surface area contributed by atoms with Crippen LogP contribution in [-0.2, 0) is 19.4 Å². The quantitative estimate of drug-likeness (QED) is 0.863. The molecule has 1 fully saturated rings. The van der Waals surface area contributed by atoms with Gasteiger partial charge in [-0.05, 0) is 50.5 Å². The Morgan fingerprint density at radius 1 is 1.44 bits per heavy atom. The molecule has 0 radical (unpaired) electrons. The molecular formula is C14H24ClN3. The Bertz CT molecular complexity index is 423. The van der Waals surface area contributed by atoms with Crippen LogP contribution in [0.4, 0.5) is 0 Å². The van der Waals surface area contributed by atoms with Crippen molar-refractivity contribution in [3.05, 3.63) is 16.4 Å². The van der Waals surface area contributed by atoms with Gasteiger partial charge in [-0.2, -0.15) is 5.10 Å². The molecule has 0 amide bonds. The minimum absolute atomic E-state index is 0.182. The maximum Gasteiger partial charge on any atom is 0.0850 e. The van der Waals surface area contributed by atoms with Crippen LogP contribution in [-0.4, -0.2) is 16.3 Å². The molecule has 1 aromatic rings. The van der Waals surface area contributed by atoms with Gasteiger partial charge in [0.15, 0.2) is 0 Å². The smallest absolute Gasteiger partial charge is 0.0850 e. The highest BCUT2D eigenvalue weighted by Gasteiger charge is 2.41. The Balaban J connectivity index is 2.29. The number of hydrogen-bond donors (Lipinski definition) is 1. The van der Waals surface area contributed by atoms with Crippen molar-refractivity contribution in [1.29, 1.82) is 0 Å². The molecule has 1 aliphatic carbocycles. The minimum atomic E-state index is 0.182. The molecular weight excluding hydrogens is 246 g/mol. The van der Waals surface area contributed by atoms with Crippen LogP contribution >= 0.6 is 11.6 Å². The second kappa shape index (κ2) is 5.22. The van der Waals surface area contributed by atoms with E-state index in [0.717, 1.165) is 42.6 Å². The third-order valence-electron chi connectivity index (χ3n) is 4.29. The fourth-order valence-electron chi connectivity index (χ4n) is 2.73. The lowest BCUT2D eigenvalue weighted by atomic mass is 9.80. The molecule has 0 aromatic carbocycles. The van der Waals surface area contributed by atoms with Crippen molar-refractivity contribution in [2.45, 2.75) is 53.0 Å². The second-order valence-electron chi connectivity index (χ2n) is 5.69. The van der Waals surface area contributed by atoms with Crippen LogP contribution < -0.4 is 5.73 Å². The molecule has 1 aromatic heterocycles. The number of halogens is 1. The Kier molecular flexibility index (Phi) is 4.02. The Morgan fingerprint density at radius 2 is 2.11 bits per heavy atom. The molecule has 1 aliphatic rings. The normalized spacial score (nSPS) is 18.9. The molecule has 1 saturated carbocycles. The van der Waals surface area contributed by atoms with E-state index in [9.17, 15) is 0 Å². The van der Waals surface area contributed by atoms with Crippen LogP contribution in [0.15, 0.2) is 0 Å². The highest BCUT2D eigenvalue weighted by atomic mass is 35.5. The molecule has 2 N–H and O–H groups in total. The fourth-order valence-corrected chi connectivity index (χ4v) is 3.07. The van der Waals surface area contributed by atoms with Gasteiger partial charge in [0.25, 0.3) is 0 Å². The highest BCUT2D eigenvalue weighted by Crippen LogP contribution is 2.47. The first-order chi connectivity index (χ1) is 8.55. The van der Waals surface area contributed by atoms with Gasteiger partial charge in [0.1, 0.15) is 0 Å². The summed E-state index contributed by atoms with van der Waals surface area (Å²) in [7, 11) is 0. The van der Waals surface area contributed by atoms with E-state index < -0.39 is 0 Å². The van der Waals surface area contributed by atoms with Gasteiger partial charge in [0, 0.05) is 6.54 Å². The molecule has 102 valence electrons. The molecule has 1 heterocycles. The Hall–Kier alpha value is -0.540. The average molecular weight is 270 g/mol. The van der Waals surface area contributed by atoms with E-state index in [0.29, 0.717) is 0 Å². The maximum atomic E-state index is 6.47. The van der Waals surface area contributed by atoms with Gasteiger partial charge in [0.05, 0.1) is 16.4 Å². The van der Waals surface area contributed by atoms with Gasteiger partial charge in [-0.1, -0.05) is 25.4 Å². The van der Waals surface area contributed by atoms with Crippen LogP contribution in [0.25, 0.3) is 0 Å². The van der Waals surface area contributed by atoms with Gasteiger partial charge in [-0.25, -0.2) is 0 Å². The summed E-state index contributed by atoms with van der Waals surface area (Å²) in [6, 6.07) is 0. The van der Waals surface area contributed by atoms with Crippen LogP contribution in [0.5, 0.6) is 0 Å². The molecule has 1 atom stereocenters. The third kappa shape index (κ3) is 2.43. The van der Waals surface area contributed by atoms with Crippen molar-refractivity contribution in [2.75, 3.05) is 6.54 Å². The lowest BCUT2D eigenvalue weighted by Crippen LogP contribution is -2.32. The SMILES string of the molecule is CCc1nn(CC)c(CC(C)(CN)C2CC2)c1Cl. The second-order valence-corrected chi connectivity index (χ2v) is 6.06. The number of rotatable bonds is 6. The zero-order valence-corrected chi connectivity index (χ0v) is 12.4. The van der Waals surface area contributed by atoms with Gasteiger partial charge in [-0.15, -0.1) is 0 Å². The standard InChI is InChI=1S/C14H24ClN3/c1-4-11-13(15)12(18(5-2)17-11)8-14(3,9-16)10-6-7-10/h10H,4-9,16H2,1-3H3. The first kappa shape index (κ1) is 13.9. The van der Waals surface area contributed by atoms with Crippen molar-refractivity contribution in [3.8, 4) is 0 Å². The maximum absolute atomic E-state index is 6.47. The molecule has 2 rings (SSSR count). The molecule has 0 spiro atoms. The third-order valence-corrected chi connectivity index (χ3v) is 4.73. The highest BCUT2D eigenvalue weighted by molar-refractivity contribution is 6.31. The predicted molar refractivity (Wildman–Crippen MR) is 75.9 cm³/mol. The van der Waals surface area contributed by atoms with Gasteiger partial charge in [-0.3, -0.25) is 4.68 Å². The number of hydrogen-bond acceptors (Lipinski definition) is 2. The number of nitrogens with zero attached hydrogens (tertiary/aromatic N) is 2. The molecule has 4 heteroatoms. The van der Waals surface area contributed by atoms with Crippen LogP contribution in [0.1, 0.15) is 45.0 Å². The molecule has 0 aliphatic heterocycles. The summed E-state index contributed by atoms with van der Waals surface area (Å²) < 4.78 is 2.05. The average Bonchev–Trinajstić information content (AvgIpc) is 3.18. The summed E-state index contributed by atoms with van der Waals surface area (Å²) in [5, 5.41) is 5.45. The van der Waals surface area contributed by atoms with Crippen molar-refractivity contribution in [2.24, 2.45) is 17.1 Å². The summed E-state index contributed by atoms with van der Waals surface area (Å²) in [5.74, 6) is 0.767. The molecule has 1 unspecified atom stereocenters. The zero-order chi connectivity index (χ0) is 13.3. The lowest BCUT2D eigenvalue weighted by molar-refractivity contribution is 0.274. The van der Waals surface area contributed by atoms with E-state index >= 15 is 0 Å². The van der Waals surface area contributed by atoms with E-state index in [-0.39, 0.29) is 5.41 Å². The van der Waals surface area contributed by atoms with Crippen molar-refractivity contribution in [3.63, 3.8) is 0 Å². The van der Waals surface area contributed by atoms with E-state index in [1.807, 2.05) is 0 Å². The number of aromatic nitrogens is 2. The monoisotopic (exact) mass is 269 g/mol.